The highest BCUT2D eigenvalue weighted by molar-refractivity contribution is 5.93. The molecular weight excluding hydrogens is 449 g/mol. The van der Waals surface area contributed by atoms with Gasteiger partial charge in [0, 0.05) is 42.9 Å². The number of phenolic OH excluding ortho intramolecular Hbond substituents is 1. The van der Waals surface area contributed by atoms with Crippen LogP contribution < -0.4 is 16.4 Å². The molecule has 0 spiro atoms. The molecule has 0 radical (unpaired) electrons. The molecule has 8 nitrogen and oxygen atoms in total. The molecule has 9 heteroatoms. The van der Waals surface area contributed by atoms with Crippen LogP contribution in [-0.4, -0.2) is 28.1 Å². The molecular formula is C26H24FN5O3. The second kappa shape index (κ2) is 10.6. The number of pyridine rings is 2. The third kappa shape index (κ3) is 5.71. The zero-order valence-corrected chi connectivity index (χ0v) is 19.0. The molecule has 0 saturated heterocycles. The Morgan fingerprint density at radius 3 is 2.71 bits per heavy atom. The second-order valence-corrected chi connectivity index (χ2v) is 7.77. The predicted molar refractivity (Wildman–Crippen MR) is 132 cm³/mol. The summed E-state index contributed by atoms with van der Waals surface area (Å²) in [7, 11) is 1.55. The fraction of sp³-hybridized carbons (Fsp3) is 0.115. The Morgan fingerprint density at radius 2 is 2.00 bits per heavy atom. The Hall–Kier alpha value is -4.50. The van der Waals surface area contributed by atoms with Gasteiger partial charge in [-0.15, -0.1) is 0 Å². The Balaban J connectivity index is 1.50. The van der Waals surface area contributed by atoms with Gasteiger partial charge in [-0.05, 0) is 54.1 Å². The van der Waals surface area contributed by atoms with Crippen molar-refractivity contribution in [1.82, 2.24) is 15.3 Å². The van der Waals surface area contributed by atoms with E-state index in [1.165, 1.54) is 18.3 Å². The van der Waals surface area contributed by atoms with Gasteiger partial charge in [0.05, 0.1) is 23.6 Å². The molecule has 0 aliphatic heterocycles. The molecule has 0 atom stereocenters. The summed E-state index contributed by atoms with van der Waals surface area (Å²) in [6.45, 7) is 0.496. The van der Waals surface area contributed by atoms with E-state index in [0.717, 1.165) is 5.56 Å². The molecule has 4 aromatic rings. The molecule has 0 unspecified atom stereocenters. The van der Waals surface area contributed by atoms with Gasteiger partial charge in [-0.25, -0.2) is 9.37 Å². The third-order valence-corrected chi connectivity index (χ3v) is 5.27. The van der Waals surface area contributed by atoms with Gasteiger partial charge >= 0.3 is 0 Å². The van der Waals surface area contributed by atoms with E-state index in [1.54, 1.807) is 61.8 Å². The number of nitrogens with zero attached hydrogens (tertiary/aromatic N) is 2. The van der Waals surface area contributed by atoms with Crippen LogP contribution in [0.15, 0.2) is 73.1 Å². The summed E-state index contributed by atoms with van der Waals surface area (Å²) >= 11 is 0. The topological polar surface area (TPSA) is 122 Å². The number of aromatic hydroxyl groups is 1. The van der Waals surface area contributed by atoms with E-state index in [9.17, 15) is 14.3 Å². The summed E-state index contributed by atoms with van der Waals surface area (Å²) in [5, 5.41) is 16.2. The van der Waals surface area contributed by atoms with Crippen LogP contribution in [0.4, 0.5) is 21.6 Å². The van der Waals surface area contributed by atoms with Crippen LogP contribution in [0.2, 0.25) is 0 Å². The molecule has 2 aromatic heterocycles. The molecule has 35 heavy (non-hydrogen) atoms. The minimum atomic E-state index is -0.422. The van der Waals surface area contributed by atoms with Crippen LogP contribution in [0.25, 0.3) is 11.3 Å². The van der Waals surface area contributed by atoms with E-state index in [1.807, 2.05) is 0 Å². The molecule has 0 bridgehead atoms. The summed E-state index contributed by atoms with van der Waals surface area (Å²) in [4.78, 5) is 20.6. The van der Waals surface area contributed by atoms with Crippen LogP contribution >= 0.6 is 0 Å². The molecule has 4 rings (SSSR count). The number of amides is 1. The highest BCUT2D eigenvalue weighted by Gasteiger charge is 2.12. The summed E-state index contributed by atoms with van der Waals surface area (Å²) in [6, 6.07) is 16.4. The van der Waals surface area contributed by atoms with Gasteiger partial charge in [-0.3, -0.25) is 9.78 Å². The van der Waals surface area contributed by atoms with Gasteiger partial charge in [0.15, 0.2) is 0 Å². The van der Waals surface area contributed by atoms with Gasteiger partial charge in [-0.1, -0.05) is 12.1 Å². The van der Waals surface area contributed by atoms with Crippen molar-refractivity contribution in [2.24, 2.45) is 0 Å². The number of phenols is 1. The molecule has 0 fully saturated rings. The number of rotatable bonds is 8. The summed E-state index contributed by atoms with van der Waals surface area (Å²) in [5.41, 5.74) is 9.60. The first kappa shape index (κ1) is 23.7. The highest BCUT2D eigenvalue weighted by atomic mass is 19.1. The maximum Gasteiger partial charge on any atom is 0.253 e. The zero-order chi connectivity index (χ0) is 24.8. The SMILES string of the molecule is COCc1ccc(Nc2ccc(O)c(-c3ccc(CNC(=O)c4cccnc4)c(N)n3)c2)c(F)c1. The first-order valence-electron chi connectivity index (χ1n) is 10.8. The molecule has 5 N–H and O–H groups in total. The smallest absolute Gasteiger partial charge is 0.253 e. The number of aromatic nitrogens is 2. The minimum absolute atomic E-state index is 0.00371. The van der Waals surface area contributed by atoms with Gasteiger partial charge in [0.2, 0.25) is 0 Å². The monoisotopic (exact) mass is 473 g/mol. The van der Waals surface area contributed by atoms with Crippen molar-refractivity contribution in [3.63, 3.8) is 0 Å². The Morgan fingerprint density at radius 1 is 1.14 bits per heavy atom. The van der Waals surface area contributed by atoms with Crippen LogP contribution in [0, 0.1) is 5.82 Å². The zero-order valence-electron chi connectivity index (χ0n) is 19.0. The lowest BCUT2D eigenvalue weighted by Gasteiger charge is -2.13. The largest absolute Gasteiger partial charge is 0.507 e. The molecule has 178 valence electrons. The molecule has 2 aromatic carbocycles. The summed E-state index contributed by atoms with van der Waals surface area (Å²) < 4.78 is 19.5. The van der Waals surface area contributed by atoms with Crippen LogP contribution in [-0.2, 0) is 17.9 Å². The number of ether oxygens (including phenoxy) is 1. The lowest BCUT2D eigenvalue weighted by Crippen LogP contribution is -2.23. The molecule has 0 saturated carbocycles. The van der Waals surface area contributed by atoms with Gasteiger partial charge in [0.1, 0.15) is 17.4 Å². The number of nitrogens with two attached hydrogens (primary N) is 1. The van der Waals surface area contributed by atoms with Crippen LogP contribution in [0.3, 0.4) is 0 Å². The number of carbonyl (C=O) groups excluding carboxylic acids is 1. The number of anilines is 3. The number of nitrogen functional groups attached to an aromatic ring is 1. The molecule has 1 amide bonds. The lowest BCUT2D eigenvalue weighted by atomic mass is 10.1. The van der Waals surface area contributed by atoms with Gasteiger partial charge in [0.25, 0.3) is 5.91 Å². The van der Waals surface area contributed by atoms with Crippen LogP contribution in [0.5, 0.6) is 5.75 Å². The van der Waals surface area contributed by atoms with Gasteiger partial charge < -0.3 is 26.2 Å². The normalized spacial score (nSPS) is 10.7. The van der Waals surface area contributed by atoms with Crippen molar-refractivity contribution in [3.05, 3.63) is 95.6 Å². The first-order chi connectivity index (χ1) is 16.9. The Bertz CT molecular complexity index is 1350. The van der Waals surface area contributed by atoms with Crippen LogP contribution in [0.1, 0.15) is 21.5 Å². The number of methoxy groups -OCH3 is 1. The Kier molecular flexibility index (Phi) is 7.18. The maximum absolute atomic E-state index is 14.5. The first-order valence-corrected chi connectivity index (χ1v) is 10.8. The molecule has 0 aliphatic carbocycles. The number of nitrogens with one attached hydrogen (secondary N) is 2. The predicted octanol–water partition coefficient (Wildman–Crippen LogP) is 4.39. The van der Waals surface area contributed by atoms with Crippen molar-refractivity contribution in [2.45, 2.75) is 13.2 Å². The van der Waals surface area contributed by atoms with E-state index < -0.39 is 5.82 Å². The quantitative estimate of drug-likeness (QED) is 0.280. The average molecular weight is 474 g/mol. The fourth-order valence-electron chi connectivity index (χ4n) is 3.47. The summed E-state index contributed by atoms with van der Waals surface area (Å²) in [5.74, 6) is -0.489. The fourth-order valence-corrected chi connectivity index (χ4v) is 3.47. The Labute approximate surface area is 201 Å². The van der Waals surface area contributed by atoms with Crippen molar-refractivity contribution < 1.29 is 19.0 Å². The summed E-state index contributed by atoms with van der Waals surface area (Å²) in [6.07, 6.45) is 3.07. The van der Waals surface area contributed by atoms with Crippen molar-refractivity contribution in [2.75, 3.05) is 18.2 Å². The van der Waals surface area contributed by atoms with Gasteiger partial charge in [-0.2, -0.15) is 0 Å². The maximum atomic E-state index is 14.5. The van der Waals surface area contributed by atoms with Crippen molar-refractivity contribution >= 4 is 23.1 Å². The van der Waals surface area contributed by atoms with E-state index in [-0.39, 0.29) is 29.7 Å². The number of halogens is 1. The van der Waals surface area contributed by atoms with E-state index in [2.05, 4.69) is 20.6 Å². The third-order valence-electron chi connectivity index (χ3n) is 5.27. The van der Waals surface area contributed by atoms with E-state index >= 15 is 0 Å². The second-order valence-electron chi connectivity index (χ2n) is 7.77. The molecule has 0 aliphatic rings. The minimum Gasteiger partial charge on any atom is -0.507 e. The lowest BCUT2D eigenvalue weighted by molar-refractivity contribution is 0.0950. The van der Waals surface area contributed by atoms with E-state index in [4.69, 9.17) is 10.5 Å². The highest BCUT2D eigenvalue weighted by Crippen LogP contribution is 2.33. The standard InChI is InChI=1S/C26H24FN5O3/c1-35-15-16-4-7-23(21(27)11-16)31-19-6-9-24(33)20(12-19)22-8-5-17(25(28)32-22)14-30-26(34)18-3-2-10-29-13-18/h2-13,31,33H,14-15H2,1H3,(H2,28,32)(H,30,34). The van der Waals surface area contributed by atoms with Crippen molar-refractivity contribution in [3.8, 4) is 17.0 Å². The van der Waals surface area contributed by atoms with Crippen molar-refractivity contribution in [1.29, 1.82) is 0 Å². The number of hydrogen-bond donors (Lipinski definition) is 4. The number of hydrogen-bond acceptors (Lipinski definition) is 7. The molecule has 2 heterocycles. The number of benzene rings is 2. The average Bonchev–Trinajstić information content (AvgIpc) is 2.86. The number of carbonyl (C=O) groups is 1. The van der Waals surface area contributed by atoms with E-state index in [0.29, 0.717) is 34.7 Å².